The van der Waals surface area contributed by atoms with Crippen LogP contribution in [0.2, 0.25) is 0 Å². The summed E-state index contributed by atoms with van der Waals surface area (Å²) in [6.45, 7) is 1.67. The fourth-order valence-electron chi connectivity index (χ4n) is 2.72. The van der Waals surface area contributed by atoms with Gasteiger partial charge in [0.2, 0.25) is 0 Å². The van der Waals surface area contributed by atoms with E-state index < -0.39 is 0 Å². The van der Waals surface area contributed by atoms with E-state index in [4.69, 9.17) is 19.4 Å². The van der Waals surface area contributed by atoms with E-state index in [-0.39, 0.29) is 0 Å². The van der Waals surface area contributed by atoms with Gasteiger partial charge in [-0.3, -0.25) is 0 Å². The Morgan fingerprint density at radius 1 is 1.00 bits per heavy atom. The first-order valence-corrected chi connectivity index (χ1v) is 9.39. The lowest BCUT2D eigenvalue weighted by atomic mass is 10.1. The van der Waals surface area contributed by atoms with E-state index in [0.717, 1.165) is 39.8 Å². The van der Waals surface area contributed by atoms with E-state index in [9.17, 15) is 0 Å². The molecule has 142 valence electrons. The minimum Gasteiger partial charge on any atom is -0.493 e. The number of hydrogen-bond acceptors (Lipinski definition) is 6. The molecule has 7 heteroatoms. The number of fused-ring (bicyclic) bond motifs is 1. The molecular weight excluding hydrogens is 408 g/mol. The smallest absolute Gasteiger partial charge is 0.162 e. The molecule has 0 aliphatic heterocycles. The van der Waals surface area contributed by atoms with Crippen molar-refractivity contribution in [3.05, 3.63) is 40.9 Å². The molecule has 1 aromatic heterocycles. The molecule has 3 aromatic rings. The van der Waals surface area contributed by atoms with Crippen LogP contribution in [0.3, 0.4) is 0 Å². The predicted octanol–water partition coefficient (Wildman–Crippen LogP) is 4.05. The van der Waals surface area contributed by atoms with Crippen molar-refractivity contribution < 1.29 is 9.47 Å². The molecule has 0 saturated carbocycles. The molecule has 6 nitrogen and oxygen atoms in total. The van der Waals surface area contributed by atoms with Gasteiger partial charge in [0.25, 0.3) is 0 Å². The SMILES string of the molecule is COc1cc2nc(-c3ccc(Br)cc3)nc(NCCN(C)C)c2cc1OC. The monoisotopic (exact) mass is 430 g/mol. The average molecular weight is 431 g/mol. The molecule has 0 aliphatic carbocycles. The van der Waals surface area contributed by atoms with E-state index >= 15 is 0 Å². The zero-order chi connectivity index (χ0) is 19.4. The highest BCUT2D eigenvalue weighted by Gasteiger charge is 2.14. The molecule has 2 aromatic carbocycles. The van der Waals surface area contributed by atoms with Gasteiger partial charge in [-0.1, -0.05) is 28.1 Å². The molecule has 0 unspecified atom stereocenters. The van der Waals surface area contributed by atoms with Gasteiger partial charge in [0.15, 0.2) is 17.3 Å². The number of anilines is 1. The second-order valence-electron chi connectivity index (χ2n) is 6.36. The van der Waals surface area contributed by atoms with Crippen LogP contribution in [0, 0.1) is 0 Å². The van der Waals surface area contributed by atoms with Crippen LogP contribution in [-0.2, 0) is 0 Å². The van der Waals surface area contributed by atoms with Crippen molar-refractivity contribution in [1.29, 1.82) is 0 Å². The van der Waals surface area contributed by atoms with Gasteiger partial charge in [-0.2, -0.15) is 0 Å². The maximum absolute atomic E-state index is 5.45. The molecule has 1 heterocycles. The second kappa shape index (κ2) is 8.54. The van der Waals surface area contributed by atoms with Gasteiger partial charge >= 0.3 is 0 Å². The minimum atomic E-state index is 0.643. The Labute approximate surface area is 167 Å². The molecule has 0 bridgehead atoms. The first-order chi connectivity index (χ1) is 13.0. The van der Waals surface area contributed by atoms with Crippen LogP contribution in [0.5, 0.6) is 11.5 Å². The Morgan fingerprint density at radius 2 is 1.67 bits per heavy atom. The fraction of sp³-hybridized carbons (Fsp3) is 0.300. The van der Waals surface area contributed by atoms with Crippen molar-refractivity contribution in [1.82, 2.24) is 14.9 Å². The molecule has 3 rings (SSSR count). The normalized spacial score (nSPS) is 11.0. The largest absolute Gasteiger partial charge is 0.493 e. The van der Waals surface area contributed by atoms with Crippen LogP contribution in [0.1, 0.15) is 0 Å². The number of ether oxygens (including phenoxy) is 2. The highest BCUT2D eigenvalue weighted by molar-refractivity contribution is 9.10. The van der Waals surface area contributed by atoms with E-state index in [1.807, 2.05) is 50.5 Å². The van der Waals surface area contributed by atoms with Gasteiger partial charge in [0.1, 0.15) is 5.82 Å². The van der Waals surface area contributed by atoms with Crippen molar-refractivity contribution in [3.8, 4) is 22.9 Å². The summed E-state index contributed by atoms with van der Waals surface area (Å²) < 4.78 is 11.9. The minimum absolute atomic E-state index is 0.643. The third-order valence-electron chi connectivity index (χ3n) is 4.15. The Balaban J connectivity index is 2.12. The van der Waals surface area contributed by atoms with E-state index in [2.05, 4.69) is 26.1 Å². The quantitative estimate of drug-likeness (QED) is 0.609. The topological polar surface area (TPSA) is 59.5 Å². The first kappa shape index (κ1) is 19.4. The Kier molecular flexibility index (Phi) is 6.13. The summed E-state index contributed by atoms with van der Waals surface area (Å²) in [6.07, 6.45) is 0. The summed E-state index contributed by atoms with van der Waals surface area (Å²) in [6, 6.07) is 11.8. The van der Waals surface area contributed by atoms with Crippen LogP contribution in [-0.4, -0.2) is 56.3 Å². The highest BCUT2D eigenvalue weighted by Crippen LogP contribution is 2.35. The van der Waals surface area contributed by atoms with Gasteiger partial charge < -0.3 is 19.7 Å². The Bertz CT molecular complexity index is 929. The standard InChI is InChI=1S/C20H23BrN4O2/c1-25(2)10-9-22-20-15-11-17(26-3)18(27-4)12-16(15)23-19(24-20)13-5-7-14(21)8-6-13/h5-8,11-12H,9-10H2,1-4H3,(H,22,23,24). The predicted molar refractivity (Wildman–Crippen MR) is 113 cm³/mol. The first-order valence-electron chi connectivity index (χ1n) is 8.60. The zero-order valence-corrected chi connectivity index (χ0v) is 17.5. The summed E-state index contributed by atoms with van der Waals surface area (Å²) in [7, 11) is 7.33. The highest BCUT2D eigenvalue weighted by atomic mass is 79.9. The molecule has 1 N–H and O–H groups in total. The third-order valence-corrected chi connectivity index (χ3v) is 4.68. The number of methoxy groups -OCH3 is 2. The van der Waals surface area contributed by atoms with Crippen molar-refractivity contribution in [2.45, 2.75) is 0 Å². The number of likely N-dealkylation sites (N-methyl/N-ethyl adjacent to an activating group) is 1. The number of aromatic nitrogens is 2. The third kappa shape index (κ3) is 4.48. The van der Waals surface area contributed by atoms with E-state index in [0.29, 0.717) is 17.3 Å². The number of hydrogen-bond donors (Lipinski definition) is 1. The van der Waals surface area contributed by atoms with Crippen molar-refractivity contribution in [3.63, 3.8) is 0 Å². The summed E-state index contributed by atoms with van der Waals surface area (Å²) in [4.78, 5) is 11.6. The molecule has 0 radical (unpaired) electrons. The van der Waals surface area contributed by atoms with E-state index in [1.165, 1.54) is 0 Å². The van der Waals surface area contributed by atoms with Crippen molar-refractivity contribution in [2.75, 3.05) is 46.7 Å². The summed E-state index contributed by atoms with van der Waals surface area (Å²) in [5.74, 6) is 2.74. The number of halogens is 1. The summed E-state index contributed by atoms with van der Waals surface area (Å²) in [5.41, 5.74) is 1.75. The average Bonchev–Trinajstić information content (AvgIpc) is 2.67. The molecule has 0 spiro atoms. The number of nitrogens with one attached hydrogen (secondary N) is 1. The molecular formula is C20H23BrN4O2. The zero-order valence-electron chi connectivity index (χ0n) is 15.9. The molecule has 0 saturated heterocycles. The molecule has 0 aliphatic rings. The fourth-order valence-corrected chi connectivity index (χ4v) is 2.98. The molecule has 0 amide bonds. The van der Waals surface area contributed by atoms with Crippen molar-refractivity contribution in [2.24, 2.45) is 0 Å². The molecule has 0 atom stereocenters. The van der Waals surface area contributed by atoms with Gasteiger partial charge in [-0.05, 0) is 32.3 Å². The van der Waals surface area contributed by atoms with Crippen LogP contribution < -0.4 is 14.8 Å². The summed E-state index contributed by atoms with van der Waals surface area (Å²) >= 11 is 3.47. The van der Waals surface area contributed by atoms with Gasteiger partial charge in [-0.15, -0.1) is 0 Å². The van der Waals surface area contributed by atoms with E-state index in [1.54, 1.807) is 14.2 Å². The second-order valence-corrected chi connectivity index (χ2v) is 7.27. The number of rotatable bonds is 7. The maximum atomic E-state index is 5.45. The van der Waals surface area contributed by atoms with Gasteiger partial charge in [0, 0.05) is 34.6 Å². The summed E-state index contributed by atoms with van der Waals surface area (Å²) in [5, 5.41) is 4.33. The Morgan fingerprint density at radius 3 is 2.30 bits per heavy atom. The lowest BCUT2D eigenvalue weighted by Gasteiger charge is -2.15. The lowest BCUT2D eigenvalue weighted by Crippen LogP contribution is -2.21. The number of nitrogens with zero attached hydrogens (tertiary/aromatic N) is 3. The van der Waals surface area contributed by atoms with Crippen LogP contribution in [0.25, 0.3) is 22.3 Å². The van der Waals surface area contributed by atoms with Gasteiger partial charge in [0.05, 0.1) is 19.7 Å². The maximum Gasteiger partial charge on any atom is 0.162 e. The molecule has 0 fully saturated rings. The Hall–Kier alpha value is -2.38. The van der Waals surface area contributed by atoms with Crippen molar-refractivity contribution >= 4 is 32.7 Å². The lowest BCUT2D eigenvalue weighted by molar-refractivity contribution is 0.356. The van der Waals surface area contributed by atoms with Gasteiger partial charge in [-0.25, -0.2) is 9.97 Å². The van der Waals surface area contributed by atoms with Crippen LogP contribution >= 0.6 is 15.9 Å². The molecule has 27 heavy (non-hydrogen) atoms. The van der Waals surface area contributed by atoms with Crippen LogP contribution in [0.15, 0.2) is 40.9 Å². The number of benzene rings is 2. The van der Waals surface area contributed by atoms with Crippen LogP contribution in [0.4, 0.5) is 5.82 Å².